The smallest absolute Gasteiger partial charge is 0.305 e. The number of aliphatic carboxylic acids is 1. The summed E-state index contributed by atoms with van der Waals surface area (Å²) in [4.78, 5) is 14.0. The molecule has 1 aliphatic carbocycles. The quantitative estimate of drug-likeness (QED) is 0.827. The summed E-state index contributed by atoms with van der Waals surface area (Å²) in [7, 11) is 0. The van der Waals surface area contributed by atoms with Crippen LogP contribution >= 0.6 is 0 Å². The lowest BCUT2D eigenvalue weighted by Gasteiger charge is -2.42. The van der Waals surface area contributed by atoms with Crippen LogP contribution in [0, 0.1) is 0 Å². The molecule has 1 aliphatic heterocycles. The summed E-state index contributed by atoms with van der Waals surface area (Å²) in [6.07, 6.45) is 16.9. The molecular formula is C18H33NO2. The van der Waals surface area contributed by atoms with Crippen LogP contribution < -0.4 is 0 Å². The number of carboxylic acid groups (broad SMARTS) is 1. The standard InChI is InChI=1S/C18H33NO2/c20-17(21)16-18(19-14-10-11-15-19)12-8-6-4-2-1-3-5-7-9-13-18/h1-16H2,(H,20,21). The van der Waals surface area contributed by atoms with Crippen molar-refractivity contribution in [2.24, 2.45) is 0 Å². The second-order valence-electron chi connectivity index (χ2n) is 7.17. The van der Waals surface area contributed by atoms with Crippen LogP contribution in [-0.2, 0) is 4.79 Å². The van der Waals surface area contributed by atoms with Gasteiger partial charge in [0.25, 0.3) is 0 Å². The van der Waals surface area contributed by atoms with E-state index in [0.717, 1.165) is 25.9 Å². The average Bonchev–Trinajstić information content (AvgIpc) is 2.96. The highest BCUT2D eigenvalue weighted by molar-refractivity contribution is 5.68. The third-order valence-corrected chi connectivity index (χ3v) is 5.54. The van der Waals surface area contributed by atoms with Crippen LogP contribution in [0.3, 0.4) is 0 Å². The maximum Gasteiger partial charge on any atom is 0.305 e. The van der Waals surface area contributed by atoms with Gasteiger partial charge in [0.1, 0.15) is 0 Å². The first-order chi connectivity index (χ1) is 10.2. The SMILES string of the molecule is O=C(O)CC1(N2CCCC2)CCCCCCCCCCC1. The van der Waals surface area contributed by atoms with Crippen LogP contribution in [0.25, 0.3) is 0 Å². The van der Waals surface area contributed by atoms with Crippen LogP contribution in [0.15, 0.2) is 0 Å². The molecule has 0 unspecified atom stereocenters. The molecule has 1 saturated carbocycles. The van der Waals surface area contributed by atoms with E-state index < -0.39 is 5.97 Å². The molecule has 0 amide bonds. The molecule has 0 aromatic carbocycles. The van der Waals surface area contributed by atoms with Crippen molar-refractivity contribution in [1.29, 1.82) is 0 Å². The first-order valence-corrected chi connectivity index (χ1v) is 9.20. The van der Waals surface area contributed by atoms with E-state index >= 15 is 0 Å². The maximum atomic E-state index is 11.5. The predicted octanol–water partition coefficient (Wildman–Crippen LogP) is 4.60. The lowest BCUT2D eigenvalue weighted by Crippen LogP contribution is -2.48. The molecule has 1 N–H and O–H groups in total. The largest absolute Gasteiger partial charge is 0.481 e. The van der Waals surface area contributed by atoms with Gasteiger partial charge in [-0.15, -0.1) is 0 Å². The number of hydrogen-bond acceptors (Lipinski definition) is 2. The number of carbonyl (C=O) groups is 1. The van der Waals surface area contributed by atoms with Crippen molar-refractivity contribution in [3.05, 3.63) is 0 Å². The Labute approximate surface area is 130 Å². The first kappa shape index (κ1) is 16.8. The third kappa shape index (κ3) is 5.28. The van der Waals surface area contributed by atoms with Crippen LogP contribution in [0.5, 0.6) is 0 Å². The van der Waals surface area contributed by atoms with Gasteiger partial charge in [0, 0.05) is 5.54 Å². The Morgan fingerprint density at radius 2 is 1.19 bits per heavy atom. The summed E-state index contributed by atoms with van der Waals surface area (Å²) in [5.41, 5.74) is -0.0401. The zero-order valence-electron chi connectivity index (χ0n) is 13.6. The Morgan fingerprint density at radius 1 is 0.762 bits per heavy atom. The van der Waals surface area contributed by atoms with Gasteiger partial charge in [0.05, 0.1) is 6.42 Å². The lowest BCUT2D eigenvalue weighted by atomic mass is 9.81. The van der Waals surface area contributed by atoms with Gasteiger partial charge in [-0.25, -0.2) is 0 Å². The van der Waals surface area contributed by atoms with E-state index in [1.54, 1.807) is 0 Å². The van der Waals surface area contributed by atoms with Gasteiger partial charge >= 0.3 is 5.97 Å². The van der Waals surface area contributed by atoms with E-state index in [1.807, 2.05) is 0 Å². The molecule has 2 fully saturated rings. The van der Waals surface area contributed by atoms with Gasteiger partial charge in [-0.3, -0.25) is 9.69 Å². The van der Waals surface area contributed by atoms with Gasteiger partial charge in [-0.1, -0.05) is 57.8 Å². The zero-order valence-corrected chi connectivity index (χ0v) is 13.6. The molecular weight excluding hydrogens is 262 g/mol. The van der Waals surface area contributed by atoms with Crippen molar-refractivity contribution >= 4 is 5.97 Å². The number of carboxylic acids is 1. The summed E-state index contributed by atoms with van der Waals surface area (Å²) < 4.78 is 0. The number of nitrogens with zero attached hydrogens (tertiary/aromatic N) is 1. The predicted molar refractivity (Wildman–Crippen MR) is 86.6 cm³/mol. The molecule has 2 rings (SSSR count). The molecule has 1 saturated heterocycles. The van der Waals surface area contributed by atoms with Crippen molar-refractivity contribution in [3.8, 4) is 0 Å². The molecule has 122 valence electrons. The van der Waals surface area contributed by atoms with E-state index in [0.29, 0.717) is 6.42 Å². The number of likely N-dealkylation sites (tertiary alicyclic amines) is 1. The van der Waals surface area contributed by atoms with Gasteiger partial charge in [-0.05, 0) is 38.8 Å². The minimum Gasteiger partial charge on any atom is -0.481 e. The highest BCUT2D eigenvalue weighted by Crippen LogP contribution is 2.36. The monoisotopic (exact) mass is 295 g/mol. The van der Waals surface area contributed by atoms with Crippen molar-refractivity contribution in [2.75, 3.05) is 13.1 Å². The molecule has 0 aromatic heterocycles. The molecule has 0 aromatic rings. The molecule has 0 spiro atoms. The third-order valence-electron chi connectivity index (χ3n) is 5.54. The molecule has 0 bridgehead atoms. The van der Waals surface area contributed by atoms with Crippen molar-refractivity contribution in [1.82, 2.24) is 4.90 Å². The average molecular weight is 295 g/mol. The molecule has 0 radical (unpaired) electrons. The first-order valence-electron chi connectivity index (χ1n) is 9.20. The number of hydrogen-bond donors (Lipinski definition) is 1. The summed E-state index contributed by atoms with van der Waals surface area (Å²) in [6, 6.07) is 0. The highest BCUT2D eigenvalue weighted by Gasteiger charge is 2.39. The molecule has 1 heterocycles. The van der Waals surface area contributed by atoms with Crippen LogP contribution in [0.1, 0.15) is 89.9 Å². The molecule has 2 aliphatic rings. The Kier molecular flexibility index (Phi) is 7.01. The Balaban J connectivity index is 2.04. The topological polar surface area (TPSA) is 40.5 Å². The second-order valence-corrected chi connectivity index (χ2v) is 7.17. The van der Waals surface area contributed by atoms with E-state index in [9.17, 15) is 9.90 Å². The Hall–Kier alpha value is -0.570. The van der Waals surface area contributed by atoms with Crippen molar-refractivity contribution in [3.63, 3.8) is 0 Å². The van der Waals surface area contributed by atoms with Gasteiger partial charge < -0.3 is 5.11 Å². The van der Waals surface area contributed by atoms with Crippen LogP contribution in [-0.4, -0.2) is 34.6 Å². The van der Waals surface area contributed by atoms with E-state index in [4.69, 9.17) is 0 Å². The van der Waals surface area contributed by atoms with E-state index in [1.165, 1.54) is 70.6 Å². The van der Waals surface area contributed by atoms with Crippen molar-refractivity contribution < 1.29 is 9.90 Å². The second kappa shape index (κ2) is 8.77. The molecule has 21 heavy (non-hydrogen) atoms. The lowest BCUT2D eigenvalue weighted by molar-refractivity contribution is -0.140. The molecule has 3 heteroatoms. The van der Waals surface area contributed by atoms with Gasteiger partial charge in [0.15, 0.2) is 0 Å². The van der Waals surface area contributed by atoms with E-state index in [-0.39, 0.29) is 5.54 Å². The minimum absolute atomic E-state index is 0.0401. The minimum atomic E-state index is -0.603. The molecule has 3 nitrogen and oxygen atoms in total. The summed E-state index contributed by atoms with van der Waals surface area (Å²) in [5.74, 6) is -0.603. The summed E-state index contributed by atoms with van der Waals surface area (Å²) in [5, 5.41) is 9.45. The van der Waals surface area contributed by atoms with Crippen molar-refractivity contribution in [2.45, 2.75) is 95.4 Å². The van der Waals surface area contributed by atoms with Gasteiger partial charge in [-0.2, -0.15) is 0 Å². The highest BCUT2D eigenvalue weighted by atomic mass is 16.4. The van der Waals surface area contributed by atoms with E-state index in [2.05, 4.69) is 4.90 Å². The number of rotatable bonds is 3. The Bertz CT molecular complexity index is 298. The summed E-state index contributed by atoms with van der Waals surface area (Å²) >= 11 is 0. The zero-order chi connectivity index (χ0) is 15.0. The maximum absolute atomic E-state index is 11.5. The van der Waals surface area contributed by atoms with Gasteiger partial charge in [0.2, 0.25) is 0 Å². The Morgan fingerprint density at radius 3 is 1.62 bits per heavy atom. The normalized spacial score (nSPS) is 25.9. The van der Waals surface area contributed by atoms with Crippen LogP contribution in [0.4, 0.5) is 0 Å². The molecule has 0 atom stereocenters. The summed E-state index contributed by atoms with van der Waals surface area (Å²) in [6.45, 7) is 2.24. The fourth-order valence-electron chi connectivity index (χ4n) is 4.35. The fraction of sp³-hybridized carbons (Fsp3) is 0.944. The van der Waals surface area contributed by atoms with Crippen LogP contribution in [0.2, 0.25) is 0 Å². The fourth-order valence-corrected chi connectivity index (χ4v) is 4.35.